The van der Waals surface area contributed by atoms with Crippen LogP contribution in [0.3, 0.4) is 0 Å². The minimum Gasteiger partial charge on any atom is -0.497 e. The Morgan fingerprint density at radius 1 is 1.28 bits per heavy atom. The zero-order chi connectivity index (χ0) is 17.3. The van der Waals surface area contributed by atoms with E-state index in [1.165, 1.54) is 5.56 Å². The van der Waals surface area contributed by atoms with Crippen LogP contribution in [-0.4, -0.2) is 60.7 Å². The summed E-state index contributed by atoms with van der Waals surface area (Å²) in [6.45, 7) is 4.70. The van der Waals surface area contributed by atoms with Crippen molar-refractivity contribution >= 4 is 5.91 Å². The quantitative estimate of drug-likeness (QED) is 0.841. The van der Waals surface area contributed by atoms with E-state index in [0.717, 1.165) is 70.6 Å². The fourth-order valence-corrected chi connectivity index (χ4v) is 4.66. The third kappa shape index (κ3) is 3.53. The summed E-state index contributed by atoms with van der Waals surface area (Å²) in [5.41, 5.74) is 1.25. The molecule has 0 radical (unpaired) electrons. The van der Waals surface area contributed by atoms with Crippen LogP contribution in [0.5, 0.6) is 5.75 Å². The molecule has 3 fully saturated rings. The molecule has 0 saturated carbocycles. The maximum Gasteiger partial charge on any atom is 0.222 e. The van der Waals surface area contributed by atoms with Gasteiger partial charge in [0, 0.05) is 45.2 Å². The highest BCUT2D eigenvalue weighted by molar-refractivity contribution is 5.78. The molecule has 1 spiro atoms. The molecule has 3 aliphatic heterocycles. The minimum absolute atomic E-state index is 0.0573. The van der Waals surface area contributed by atoms with E-state index in [1.807, 2.05) is 12.1 Å². The van der Waals surface area contributed by atoms with Gasteiger partial charge in [-0.15, -0.1) is 0 Å². The van der Waals surface area contributed by atoms with E-state index in [0.29, 0.717) is 11.9 Å². The van der Waals surface area contributed by atoms with Gasteiger partial charge >= 0.3 is 0 Å². The Kier molecular flexibility index (Phi) is 4.69. The normalized spacial score (nSPS) is 30.4. The van der Waals surface area contributed by atoms with E-state index >= 15 is 0 Å². The lowest BCUT2D eigenvalue weighted by Crippen LogP contribution is -2.50. The number of carbonyl (C=O) groups excluding carboxylic acids is 1. The fourth-order valence-electron chi connectivity index (χ4n) is 4.66. The number of benzene rings is 1. The molecule has 0 bridgehead atoms. The molecule has 3 saturated heterocycles. The molecule has 0 aromatic heterocycles. The Labute approximate surface area is 149 Å². The first-order valence-corrected chi connectivity index (χ1v) is 9.46. The minimum atomic E-state index is -0.0573. The van der Waals surface area contributed by atoms with Crippen molar-refractivity contribution in [2.75, 3.05) is 33.4 Å². The lowest BCUT2D eigenvalue weighted by Gasteiger charge is -2.41. The number of rotatable bonds is 4. The highest BCUT2D eigenvalue weighted by atomic mass is 16.5. The molecular formula is C20H28N2O3. The zero-order valence-electron chi connectivity index (χ0n) is 15.1. The summed E-state index contributed by atoms with van der Waals surface area (Å²) in [5, 5.41) is 0. The van der Waals surface area contributed by atoms with Crippen molar-refractivity contribution < 1.29 is 14.3 Å². The molecule has 2 atom stereocenters. The monoisotopic (exact) mass is 344 g/mol. The number of methoxy groups -OCH3 is 1. The Hall–Kier alpha value is -1.59. The molecule has 5 heteroatoms. The van der Waals surface area contributed by atoms with Crippen LogP contribution >= 0.6 is 0 Å². The zero-order valence-corrected chi connectivity index (χ0v) is 15.1. The summed E-state index contributed by atoms with van der Waals surface area (Å²) in [6, 6.07) is 8.69. The van der Waals surface area contributed by atoms with Gasteiger partial charge in [0.05, 0.1) is 12.7 Å². The van der Waals surface area contributed by atoms with Gasteiger partial charge in [0.1, 0.15) is 5.75 Å². The summed E-state index contributed by atoms with van der Waals surface area (Å²) in [5.74, 6) is 1.24. The number of nitrogens with zero attached hydrogens (tertiary/aromatic N) is 2. The topological polar surface area (TPSA) is 42.0 Å². The van der Waals surface area contributed by atoms with Gasteiger partial charge in [-0.25, -0.2) is 0 Å². The van der Waals surface area contributed by atoms with Crippen LogP contribution in [0.15, 0.2) is 24.3 Å². The maximum atomic E-state index is 12.1. The molecule has 0 unspecified atom stereocenters. The van der Waals surface area contributed by atoms with Crippen LogP contribution in [-0.2, 0) is 16.1 Å². The van der Waals surface area contributed by atoms with Crippen LogP contribution < -0.4 is 4.74 Å². The molecule has 0 N–H and O–H groups in total. The molecule has 3 heterocycles. The van der Waals surface area contributed by atoms with Gasteiger partial charge in [-0.05, 0) is 43.4 Å². The molecule has 136 valence electrons. The summed E-state index contributed by atoms with van der Waals surface area (Å²) < 4.78 is 11.5. The molecule has 5 nitrogen and oxygen atoms in total. The SMILES string of the molecule is COc1ccc(CN2CC[C@]3(C[C@H](N4CCCC4=O)CCO3)C2)cc1. The van der Waals surface area contributed by atoms with Gasteiger partial charge in [-0.1, -0.05) is 12.1 Å². The molecular weight excluding hydrogens is 316 g/mol. The Bertz CT molecular complexity index is 618. The number of likely N-dealkylation sites (tertiary alicyclic amines) is 2. The van der Waals surface area contributed by atoms with Gasteiger partial charge in [0.2, 0.25) is 5.91 Å². The van der Waals surface area contributed by atoms with Gasteiger partial charge in [0.15, 0.2) is 0 Å². The lowest BCUT2D eigenvalue weighted by atomic mass is 9.89. The average Bonchev–Trinajstić information content (AvgIpc) is 3.22. The highest BCUT2D eigenvalue weighted by Crippen LogP contribution is 2.37. The second kappa shape index (κ2) is 6.96. The first-order valence-electron chi connectivity index (χ1n) is 9.46. The van der Waals surface area contributed by atoms with Crippen LogP contribution in [0.25, 0.3) is 0 Å². The molecule has 3 aliphatic rings. The number of hydrogen-bond acceptors (Lipinski definition) is 4. The van der Waals surface area contributed by atoms with Gasteiger partial charge in [0.25, 0.3) is 0 Å². The second-order valence-electron chi connectivity index (χ2n) is 7.68. The smallest absolute Gasteiger partial charge is 0.222 e. The Morgan fingerprint density at radius 3 is 2.84 bits per heavy atom. The van der Waals surface area contributed by atoms with Crippen molar-refractivity contribution in [1.29, 1.82) is 0 Å². The molecule has 1 amide bonds. The summed E-state index contributed by atoms with van der Waals surface area (Å²) in [7, 11) is 1.70. The fraction of sp³-hybridized carbons (Fsp3) is 0.650. The molecule has 1 aromatic rings. The van der Waals surface area contributed by atoms with E-state index in [4.69, 9.17) is 9.47 Å². The summed E-state index contributed by atoms with van der Waals surface area (Å²) in [6.07, 6.45) is 4.81. The van der Waals surface area contributed by atoms with Crippen LogP contribution in [0.1, 0.15) is 37.7 Å². The number of hydrogen-bond donors (Lipinski definition) is 0. The van der Waals surface area contributed by atoms with Crippen molar-refractivity contribution in [3.05, 3.63) is 29.8 Å². The lowest BCUT2D eigenvalue weighted by molar-refractivity contribution is -0.137. The highest BCUT2D eigenvalue weighted by Gasteiger charge is 2.45. The molecule has 0 aliphatic carbocycles. The van der Waals surface area contributed by atoms with Crippen molar-refractivity contribution in [3.8, 4) is 5.75 Å². The van der Waals surface area contributed by atoms with Crippen LogP contribution in [0.2, 0.25) is 0 Å². The predicted octanol–water partition coefficient (Wildman–Crippen LogP) is 2.44. The van der Waals surface area contributed by atoms with E-state index < -0.39 is 0 Å². The Balaban J connectivity index is 1.37. The van der Waals surface area contributed by atoms with Crippen molar-refractivity contribution in [3.63, 3.8) is 0 Å². The second-order valence-corrected chi connectivity index (χ2v) is 7.68. The van der Waals surface area contributed by atoms with E-state index in [1.54, 1.807) is 7.11 Å². The van der Waals surface area contributed by atoms with Crippen LogP contribution in [0.4, 0.5) is 0 Å². The number of amides is 1. The number of ether oxygens (including phenoxy) is 2. The van der Waals surface area contributed by atoms with Crippen molar-refractivity contribution in [1.82, 2.24) is 9.80 Å². The third-order valence-electron chi connectivity index (χ3n) is 5.98. The molecule has 25 heavy (non-hydrogen) atoms. The average molecular weight is 344 g/mol. The van der Waals surface area contributed by atoms with Gasteiger partial charge in [-0.3, -0.25) is 9.69 Å². The first-order chi connectivity index (χ1) is 12.2. The summed E-state index contributed by atoms with van der Waals surface area (Å²) in [4.78, 5) is 16.7. The van der Waals surface area contributed by atoms with Crippen molar-refractivity contribution in [2.45, 2.75) is 50.3 Å². The molecule has 4 rings (SSSR count). The summed E-state index contributed by atoms with van der Waals surface area (Å²) >= 11 is 0. The molecule has 1 aromatic carbocycles. The first kappa shape index (κ1) is 16.9. The van der Waals surface area contributed by atoms with Gasteiger partial charge in [-0.2, -0.15) is 0 Å². The number of carbonyl (C=O) groups is 1. The predicted molar refractivity (Wildman–Crippen MR) is 95.5 cm³/mol. The maximum absolute atomic E-state index is 12.1. The van der Waals surface area contributed by atoms with E-state index in [9.17, 15) is 4.79 Å². The Morgan fingerprint density at radius 2 is 2.12 bits per heavy atom. The largest absolute Gasteiger partial charge is 0.497 e. The van der Waals surface area contributed by atoms with E-state index in [-0.39, 0.29) is 5.60 Å². The van der Waals surface area contributed by atoms with E-state index in [2.05, 4.69) is 21.9 Å². The van der Waals surface area contributed by atoms with Crippen LogP contribution in [0, 0.1) is 0 Å². The van der Waals surface area contributed by atoms with Crippen molar-refractivity contribution in [2.24, 2.45) is 0 Å². The third-order valence-corrected chi connectivity index (χ3v) is 5.98. The van der Waals surface area contributed by atoms with Gasteiger partial charge < -0.3 is 14.4 Å². The standard InChI is InChI=1S/C20H28N2O3/c1-24-18-6-4-16(5-7-18)14-21-11-9-20(15-21)13-17(8-12-25-20)22-10-2-3-19(22)23/h4-7,17H,2-3,8-15H2,1H3/t17-,20+/m1/s1.